The number of oxazole rings is 1. The van der Waals surface area contributed by atoms with Crippen molar-refractivity contribution >= 4 is 16.2 Å². The number of hydrogen-bond acceptors (Lipinski definition) is 4. The SMILES string of the molecule is Cc1coc(NS(N)(=O)=O)n1. The molecule has 0 saturated heterocycles. The van der Waals surface area contributed by atoms with Crippen LogP contribution in [-0.4, -0.2) is 13.4 Å². The Morgan fingerprint density at radius 3 is 2.73 bits per heavy atom. The quantitative estimate of drug-likeness (QED) is 0.642. The summed E-state index contributed by atoms with van der Waals surface area (Å²) in [5.74, 6) is 0. The van der Waals surface area contributed by atoms with Gasteiger partial charge < -0.3 is 4.42 Å². The van der Waals surface area contributed by atoms with Crippen LogP contribution >= 0.6 is 0 Å². The molecule has 0 unspecified atom stereocenters. The first-order valence-corrected chi connectivity index (χ1v) is 4.25. The predicted octanol–water partition coefficient (Wildman–Crippen LogP) is -0.402. The smallest absolute Gasteiger partial charge is 0.309 e. The molecule has 62 valence electrons. The van der Waals surface area contributed by atoms with Crippen LogP contribution in [0, 0.1) is 6.92 Å². The Morgan fingerprint density at radius 1 is 1.73 bits per heavy atom. The van der Waals surface area contributed by atoms with Gasteiger partial charge >= 0.3 is 6.01 Å². The van der Waals surface area contributed by atoms with Gasteiger partial charge in [-0.25, -0.2) is 9.86 Å². The Hall–Kier alpha value is -1.08. The normalized spacial score (nSPS) is 11.5. The number of rotatable bonds is 2. The van der Waals surface area contributed by atoms with Crippen LogP contribution in [-0.2, 0) is 10.2 Å². The van der Waals surface area contributed by atoms with Gasteiger partial charge in [-0.3, -0.25) is 0 Å². The summed E-state index contributed by atoms with van der Waals surface area (Å²) in [5, 5.41) is 4.64. The molecule has 0 aliphatic heterocycles. The summed E-state index contributed by atoms with van der Waals surface area (Å²) in [6, 6.07) is -0.120. The van der Waals surface area contributed by atoms with E-state index in [0.29, 0.717) is 5.69 Å². The molecule has 7 heteroatoms. The zero-order chi connectivity index (χ0) is 8.48. The minimum absolute atomic E-state index is 0.120. The average molecular weight is 177 g/mol. The third-order valence-electron chi connectivity index (χ3n) is 0.849. The molecule has 0 saturated carbocycles. The summed E-state index contributed by atoms with van der Waals surface area (Å²) < 4.78 is 27.3. The first-order valence-electron chi connectivity index (χ1n) is 2.70. The van der Waals surface area contributed by atoms with Crippen LogP contribution in [0.1, 0.15) is 5.69 Å². The molecule has 0 atom stereocenters. The highest BCUT2D eigenvalue weighted by Gasteiger charge is 2.06. The minimum atomic E-state index is -3.77. The molecule has 0 spiro atoms. The molecule has 1 rings (SSSR count). The zero-order valence-corrected chi connectivity index (χ0v) is 6.55. The van der Waals surface area contributed by atoms with Crippen molar-refractivity contribution in [3.05, 3.63) is 12.0 Å². The fourth-order valence-corrected chi connectivity index (χ4v) is 0.860. The molecule has 11 heavy (non-hydrogen) atoms. The van der Waals surface area contributed by atoms with Crippen LogP contribution in [0.15, 0.2) is 10.7 Å². The fraction of sp³-hybridized carbons (Fsp3) is 0.250. The average Bonchev–Trinajstić information content (AvgIpc) is 2.10. The summed E-state index contributed by atoms with van der Waals surface area (Å²) in [4.78, 5) is 3.66. The molecule has 0 fully saturated rings. The van der Waals surface area contributed by atoms with Crippen molar-refractivity contribution < 1.29 is 12.8 Å². The van der Waals surface area contributed by atoms with Crippen molar-refractivity contribution in [3.8, 4) is 0 Å². The van der Waals surface area contributed by atoms with Crippen LogP contribution in [0.3, 0.4) is 0 Å². The maximum atomic E-state index is 10.4. The summed E-state index contributed by atoms with van der Waals surface area (Å²) in [7, 11) is -3.77. The number of nitrogens with two attached hydrogens (primary N) is 1. The lowest BCUT2D eigenvalue weighted by Gasteiger charge is -1.94. The summed E-state index contributed by atoms with van der Waals surface area (Å²) >= 11 is 0. The van der Waals surface area contributed by atoms with Gasteiger partial charge in [0, 0.05) is 0 Å². The van der Waals surface area contributed by atoms with E-state index in [2.05, 4.69) is 14.5 Å². The number of aromatic nitrogens is 1. The van der Waals surface area contributed by atoms with Crippen molar-refractivity contribution in [2.24, 2.45) is 5.14 Å². The summed E-state index contributed by atoms with van der Waals surface area (Å²) in [6.45, 7) is 1.66. The Kier molecular flexibility index (Phi) is 1.83. The molecule has 0 aromatic carbocycles. The first-order chi connectivity index (χ1) is 4.97. The molecule has 1 heterocycles. The molecule has 3 N–H and O–H groups in total. The van der Waals surface area contributed by atoms with Crippen molar-refractivity contribution in [1.29, 1.82) is 0 Å². The molecule has 1 aromatic heterocycles. The van der Waals surface area contributed by atoms with Crippen LogP contribution in [0.4, 0.5) is 6.01 Å². The van der Waals surface area contributed by atoms with Crippen LogP contribution in [0.5, 0.6) is 0 Å². The summed E-state index contributed by atoms with van der Waals surface area (Å²) in [6.07, 6.45) is 1.31. The number of hydrogen-bond donors (Lipinski definition) is 2. The monoisotopic (exact) mass is 177 g/mol. The van der Waals surface area contributed by atoms with Crippen LogP contribution in [0.25, 0.3) is 0 Å². The highest BCUT2D eigenvalue weighted by molar-refractivity contribution is 7.90. The van der Waals surface area contributed by atoms with E-state index >= 15 is 0 Å². The molecular formula is C4H7N3O3S. The number of anilines is 1. The second-order valence-electron chi connectivity index (χ2n) is 1.94. The topological polar surface area (TPSA) is 98.2 Å². The van der Waals surface area contributed by atoms with Gasteiger partial charge in [-0.2, -0.15) is 13.4 Å². The second-order valence-corrected chi connectivity index (χ2v) is 3.24. The summed E-state index contributed by atoms with van der Waals surface area (Å²) in [5.41, 5.74) is 0.580. The van der Waals surface area contributed by atoms with Crippen molar-refractivity contribution in [3.63, 3.8) is 0 Å². The lowest BCUT2D eigenvalue weighted by molar-refractivity contribution is 0.570. The number of aryl methyl sites for hydroxylation is 1. The highest BCUT2D eigenvalue weighted by atomic mass is 32.2. The maximum absolute atomic E-state index is 10.4. The van der Waals surface area contributed by atoms with E-state index in [1.807, 2.05) is 4.72 Å². The number of nitrogens with one attached hydrogen (secondary N) is 1. The molecule has 0 aliphatic rings. The Bertz CT molecular complexity index is 341. The van der Waals surface area contributed by atoms with Crippen molar-refractivity contribution in [2.75, 3.05) is 4.72 Å². The second kappa shape index (κ2) is 2.51. The molecule has 0 aliphatic carbocycles. The molecular weight excluding hydrogens is 170 g/mol. The Labute approximate surface area is 63.6 Å². The molecule has 1 aromatic rings. The molecule has 0 bridgehead atoms. The van der Waals surface area contributed by atoms with Crippen LogP contribution in [0.2, 0.25) is 0 Å². The first kappa shape index (κ1) is 8.02. The van der Waals surface area contributed by atoms with Gasteiger partial charge in [-0.15, -0.1) is 0 Å². The number of nitrogens with zero attached hydrogens (tertiary/aromatic N) is 1. The third-order valence-corrected chi connectivity index (χ3v) is 1.31. The van der Waals surface area contributed by atoms with E-state index < -0.39 is 10.2 Å². The Morgan fingerprint density at radius 2 is 2.36 bits per heavy atom. The highest BCUT2D eigenvalue weighted by Crippen LogP contribution is 2.05. The van der Waals surface area contributed by atoms with Crippen molar-refractivity contribution in [2.45, 2.75) is 6.92 Å². The van der Waals surface area contributed by atoms with E-state index in [9.17, 15) is 8.42 Å². The third kappa shape index (κ3) is 2.56. The standard InChI is InChI=1S/C4H7N3O3S/c1-3-2-10-4(6-3)7-11(5,8)9/h2H,1H3,(H,6,7)(H2,5,8,9). The Balaban J connectivity index is 2.81. The van der Waals surface area contributed by atoms with E-state index in [-0.39, 0.29) is 6.01 Å². The largest absolute Gasteiger partial charge is 0.431 e. The van der Waals surface area contributed by atoms with E-state index in [1.165, 1.54) is 6.26 Å². The van der Waals surface area contributed by atoms with Crippen molar-refractivity contribution in [1.82, 2.24) is 4.98 Å². The van der Waals surface area contributed by atoms with Gasteiger partial charge in [0.25, 0.3) is 10.2 Å². The van der Waals surface area contributed by atoms with Gasteiger partial charge in [0.15, 0.2) is 0 Å². The van der Waals surface area contributed by atoms with Crippen LogP contribution < -0.4 is 9.86 Å². The fourth-order valence-electron chi connectivity index (χ4n) is 0.523. The lowest BCUT2D eigenvalue weighted by Crippen LogP contribution is -2.21. The van der Waals surface area contributed by atoms with E-state index in [4.69, 9.17) is 0 Å². The van der Waals surface area contributed by atoms with E-state index in [1.54, 1.807) is 6.92 Å². The van der Waals surface area contributed by atoms with Gasteiger partial charge in [-0.1, -0.05) is 0 Å². The molecule has 0 amide bonds. The molecule has 0 radical (unpaired) electrons. The van der Waals surface area contributed by atoms with Gasteiger partial charge in [0.1, 0.15) is 6.26 Å². The van der Waals surface area contributed by atoms with Gasteiger partial charge in [-0.05, 0) is 6.92 Å². The van der Waals surface area contributed by atoms with Gasteiger partial charge in [0.2, 0.25) is 0 Å². The maximum Gasteiger partial charge on any atom is 0.309 e. The van der Waals surface area contributed by atoms with E-state index in [0.717, 1.165) is 0 Å². The predicted molar refractivity (Wildman–Crippen MR) is 38.0 cm³/mol. The zero-order valence-electron chi connectivity index (χ0n) is 5.73. The van der Waals surface area contributed by atoms with Gasteiger partial charge in [0.05, 0.1) is 5.69 Å². The minimum Gasteiger partial charge on any atom is -0.431 e. The lowest BCUT2D eigenvalue weighted by atomic mass is 10.6. The molecule has 6 nitrogen and oxygen atoms in total.